The number of amides is 1. The van der Waals surface area contributed by atoms with Crippen molar-refractivity contribution in [3.05, 3.63) is 79.9 Å². The Morgan fingerprint density at radius 1 is 1.15 bits per heavy atom. The van der Waals surface area contributed by atoms with Crippen molar-refractivity contribution in [3.63, 3.8) is 0 Å². The van der Waals surface area contributed by atoms with Gasteiger partial charge in [-0.1, -0.05) is 30.3 Å². The van der Waals surface area contributed by atoms with E-state index < -0.39 is 33.3 Å². The number of fused-ring (bicyclic) bond motifs is 2. The molecular weight excluding hydrogens is 352 g/mol. The van der Waals surface area contributed by atoms with Crippen LogP contribution in [0, 0.1) is 20.2 Å². The van der Waals surface area contributed by atoms with E-state index in [4.69, 9.17) is 0 Å². The number of nitrogens with one attached hydrogen (secondary N) is 1. The van der Waals surface area contributed by atoms with E-state index in [2.05, 4.69) is 5.32 Å². The monoisotopic (exact) mass is 368 g/mol. The molecule has 9 nitrogen and oxygen atoms in total. The molecule has 3 atom stereocenters. The fraction of sp³-hybridized carbons (Fsp3) is 0.278. The summed E-state index contributed by atoms with van der Waals surface area (Å²) in [6.07, 6.45) is 0. The number of para-hydroxylation sites is 1. The molecule has 2 heterocycles. The van der Waals surface area contributed by atoms with Gasteiger partial charge >= 0.3 is 0 Å². The van der Waals surface area contributed by atoms with E-state index in [-0.39, 0.29) is 12.2 Å². The Bertz CT molecular complexity index is 978. The third-order valence-corrected chi connectivity index (χ3v) is 5.55. The van der Waals surface area contributed by atoms with E-state index in [0.29, 0.717) is 16.8 Å². The number of carbonyl (C=O) groups is 1. The van der Waals surface area contributed by atoms with Crippen LogP contribution in [-0.4, -0.2) is 40.3 Å². The third-order valence-electron chi connectivity index (χ3n) is 5.55. The molecule has 1 spiro atoms. The molecule has 2 aromatic rings. The van der Waals surface area contributed by atoms with Crippen molar-refractivity contribution in [2.75, 3.05) is 18.9 Å². The first kappa shape index (κ1) is 17.1. The van der Waals surface area contributed by atoms with Gasteiger partial charge in [0.15, 0.2) is 5.54 Å². The first-order valence-corrected chi connectivity index (χ1v) is 8.37. The van der Waals surface area contributed by atoms with E-state index >= 15 is 0 Å². The van der Waals surface area contributed by atoms with E-state index in [1.54, 1.807) is 42.3 Å². The molecule has 27 heavy (non-hydrogen) atoms. The molecule has 4 rings (SSSR count). The Labute approximate surface area is 153 Å². The number of nitrogens with zero attached hydrogens (tertiary/aromatic N) is 3. The summed E-state index contributed by atoms with van der Waals surface area (Å²) in [5, 5.41) is 26.0. The molecule has 2 aliphatic heterocycles. The van der Waals surface area contributed by atoms with Gasteiger partial charge in [-0.15, -0.1) is 0 Å². The van der Waals surface area contributed by atoms with E-state index in [0.717, 1.165) is 0 Å². The first-order valence-electron chi connectivity index (χ1n) is 8.37. The predicted molar refractivity (Wildman–Crippen MR) is 96.0 cm³/mol. The number of likely N-dealkylation sites (tertiary alicyclic amines) is 1. The van der Waals surface area contributed by atoms with Crippen molar-refractivity contribution < 1.29 is 14.6 Å². The van der Waals surface area contributed by atoms with Crippen molar-refractivity contribution >= 4 is 17.3 Å². The quantitative estimate of drug-likeness (QED) is 0.655. The lowest BCUT2D eigenvalue weighted by Gasteiger charge is -2.30. The Balaban J connectivity index is 1.89. The summed E-state index contributed by atoms with van der Waals surface area (Å²) >= 11 is 0. The SMILES string of the molecule is CN1C[C@H](c2cccc([N+](=O)[O-])c2)[C@@H]([N+](=O)[O-])[C@]12C(=O)Nc1ccccc12. The molecule has 0 aromatic heterocycles. The van der Waals surface area contributed by atoms with Crippen LogP contribution in [0.4, 0.5) is 11.4 Å². The van der Waals surface area contributed by atoms with Crippen LogP contribution in [0.1, 0.15) is 17.0 Å². The third kappa shape index (κ3) is 2.25. The summed E-state index contributed by atoms with van der Waals surface area (Å²) in [4.78, 5) is 36.9. The average Bonchev–Trinajstić information content (AvgIpc) is 3.11. The second-order valence-corrected chi connectivity index (χ2v) is 6.84. The Kier molecular flexibility index (Phi) is 3.70. The van der Waals surface area contributed by atoms with E-state index in [1.807, 2.05) is 0 Å². The van der Waals surface area contributed by atoms with Crippen molar-refractivity contribution in [2.24, 2.45) is 0 Å². The van der Waals surface area contributed by atoms with Gasteiger partial charge in [-0.3, -0.25) is 29.9 Å². The average molecular weight is 368 g/mol. The number of non-ortho nitro benzene ring substituents is 1. The zero-order valence-corrected chi connectivity index (χ0v) is 14.4. The van der Waals surface area contributed by atoms with Crippen LogP contribution in [0.2, 0.25) is 0 Å². The number of nitro groups is 2. The normalized spacial score (nSPS) is 26.8. The summed E-state index contributed by atoms with van der Waals surface area (Å²) in [5.41, 5.74) is 0.0179. The minimum absolute atomic E-state index is 0.130. The highest BCUT2D eigenvalue weighted by Crippen LogP contribution is 2.52. The van der Waals surface area contributed by atoms with Gasteiger partial charge in [0.25, 0.3) is 17.6 Å². The second-order valence-electron chi connectivity index (χ2n) is 6.84. The zero-order chi connectivity index (χ0) is 19.3. The largest absolute Gasteiger partial charge is 0.324 e. The molecule has 1 N–H and O–H groups in total. The lowest BCUT2D eigenvalue weighted by Crippen LogP contribution is -2.54. The number of hydrogen-bond acceptors (Lipinski definition) is 6. The summed E-state index contributed by atoms with van der Waals surface area (Å²) in [6.45, 7) is 0.231. The van der Waals surface area contributed by atoms with Gasteiger partial charge in [-0.25, -0.2) is 0 Å². The number of likely N-dealkylation sites (N-methyl/N-ethyl adjacent to an activating group) is 1. The summed E-state index contributed by atoms with van der Waals surface area (Å²) < 4.78 is 0. The number of anilines is 1. The van der Waals surface area contributed by atoms with Crippen LogP contribution >= 0.6 is 0 Å². The minimum atomic E-state index is -1.45. The van der Waals surface area contributed by atoms with Gasteiger partial charge in [-0.05, 0) is 18.7 Å². The number of nitro benzene ring substituents is 1. The lowest BCUT2D eigenvalue weighted by molar-refractivity contribution is -0.534. The maximum atomic E-state index is 13.0. The molecule has 0 bridgehead atoms. The van der Waals surface area contributed by atoms with Crippen LogP contribution < -0.4 is 5.32 Å². The fourth-order valence-electron chi connectivity index (χ4n) is 4.45. The smallest absolute Gasteiger partial charge is 0.269 e. The maximum Gasteiger partial charge on any atom is 0.269 e. The van der Waals surface area contributed by atoms with Crippen molar-refractivity contribution in [1.29, 1.82) is 0 Å². The van der Waals surface area contributed by atoms with Crippen molar-refractivity contribution in [1.82, 2.24) is 4.90 Å². The zero-order valence-electron chi connectivity index (χ0n) is 14.4. The van der Waals surface area contributed by atoms with Crippen LogP contribution in [0.15, 0.2) is 48.5 Å². The number of carbonyl (C=O) groups excluding carboxylic acids is 1. The first-order chi connectivity index (χ1) is 12.9. The molecule has 0 unspecified atom stereocenters. The molecule has 2 aliphatic rings. The molecule has 0 radical (unpaired) electrons. The molecule has 0 saturated carbocycles. The molecule has 1 fully saturated rings. The highest BCUT2D eigenvalue weighted by molar-refractivity contribution is 6.06. The lowest BCUT2D eigenvalue weighted by atomic mass is 9.79. The van der Waals surface area contributed by atoms with Gasteiger partial charge in [0, 0.05) is 34.9 Å². The molecule has 0 aliphatic carbocycles. The van der Waals surface area contributed by atoms with E-state index in [9.17, 15) is 25.0 Å². The van der Waals surface area contributed by atoms with Crippen LogP contribution in [-0.2, 0) is 10.3 Å². The maximum absolute atomic E-state index is 13.0. The number of benzene rings is 2. The Morgan fingerprint density at radius 3 is 2.59 bits per heavy atom. The van der Waals surface area contributed by atoms with Gasteiger partial charge in [0.1, 0.15) is 0 Å². The van der Waals surface area contributed by atoms with Crippen LogP contribution in [0.3, 0.4) is 0 Å². The molecule has 2 aromatic carbocycles. The van der Waals surface area contributed by atoms with Crippen LogP contribution in [0.5, 0.6) is 0 Å². The van der Waals surface area contributed by atoms with Crippen molar-refractivity contribution in [2.45, 2.75) is 17.5 Å². The molecule has 9 heteroatoms. The Hall–Kier alpha value is -3.33. The second kappa shape index (κ2) is 5.85. The Morgan fingerprint density at radius 2 is 1.89 bits per heavy atom. The molecular formula is C18H16N4O5. The molecule has 138 valence electrons. The summed E-state index contributed by atoms with van der Waals surface area (Å²) in [5.74, 6) is -1.11. The highest BCUT2D eigenvalue weighted by atomic mass is 16.6. The number of hydrogen-bond donors (Lipinski definition) is 1. The topological polar surface area (TPSA) is 119 Å². The van der Waals surface area contributed by atoms with E-state index in [1.165, 1.54) is 18.2 Å². The van der Waals surface area contributed by atoms with Gasteiger partial charge in [0.2, 0.25) is 0 Å². The standard InChI is InChI=1S/C18H16N4O5/c1-20-10-13(11-5-4-6-12(9-11)21(24)25)16(22(26)27)18(20)14-7-2-3-8-15(14)19-17(18)23/h2-9,13,16H,10H2,1H3,(H,19,23)/t13-,16-,18-/m1/s1. The predicted octanol–water partition coefficient (Wildman–Crippen LogP) is 2.12. The molecule has 1 saturated heterocycles. The number of rotatable bonds is 3. The minimum Gasteiger partial charge on any atom is -0.324 e. The van der Waals surface area contributed by atoms with Gasteiger partial charge in [0.05, 0.1) is 10.8 Å². The van der Waals surface area contributed by atoms with Gasteiger partial charge < -0.3 is 5.32 Å². The molecule has 1 amide bonds. The summed E-state index contributed by atoms with van der Waals surface area (Å²) in [7, 11) is 1.68. The van der Waals surface area contributed by atoms with Crippen LogP contribution in [0.25, 0.3) is 0 Å². The van der Waals surface area contributed by atoms with Gasteiger partial charge in [-0.2, -0.15) is 0 Å². The highest BCUT2D eigenvalue weighted by Gasteiger charge is 2.68. The van der Waals surface area contributed by atoms with Crippen molar-refractivity contribution in [3.8, 4) is 0 Å². The fourth-order valence-corrected chi connectivity index (χ4v) is 4.45. The summed E-state index contributed by atoms with van der Waals surface area (Å²) in [6, 6.07) is 11.5.